The van der Waals surface area contributed by atoms with E-state index in [0.29, 0.717) is 0 Å². The molecule has 0 saturated carbocycles. The van der Waals surface area contributed by atoms with E-state index in [1.807, 2.05) is 0 Å². The van der Waals surface area contributed by atoms with Crippen LogP contribution in [-0.4, -0.2) is 13.6 Å². The van der Waals surface area contributed by atoms with Crippen molar-refractivity contribution in [2.45, 2.75) is 55.4 Å². The van der Waals surface area contributed by atoms with Gasteiger partial charge in [0, 0.05) is 5.56 Å². The summed E-state index contributed by atoms with van der Waals surface area (Å²) in [5.41, 5.74) is 12.2. The zero-order valence-corrected chi connectivity index (χ0v) is 33.0. The highest BCUT2D eigenvalue weighted by Crippen LogP contribution is 2.51. The molecule has 2 aliphatic heterocycles. The minimum absolute atomic E-state index is 0.180. The quantitative estimate of drug-likeness (QED) is 0.155. The predicted molar refractivity (Wildman–Crippen MR) is 219 cm³/mol. The molecular weight excluding hydrogens is 678 g/mol. The molecule has 8 rings (SSSR count). The molecule has 2 heterocycles. The highest BCUT2D eigenvalue weighted by molar-refractivity contribution is 7.80. The van der Waals surface area contributed by atoms with Gasteiger partial charge in [-0.1, -0.05) is 117 Å². The van der Waals surface area contributed by atoms with Gasteiger partial charge in [-0.3, -0.25) is 0 Å². The lowest BCUT2D eigenvalue weighted by molar-refractivity contribution is 0.174. The molecule has 0 fully saturated rings. The van der Waals surface area contributed by atoms with Crippen LogP contribution in [0.4, 0.5) is 0 Å². The van der Waals surface area contributed by atoms with E-state index in [1.54, 1.807) is 0 Å². The Hall–Kier alpha value is -4.62. The van der Waals surface area contributed by atoms with Crippen molar-refractivity contribution in [3.8, 4) is 34.1 Å². The van der Waals surface area contributed by atoms with Crippen molar-refractivity contribution in [3.05, 3.63) is 142 Å². The molecule has 2 aliphatic rings. The largest absolute Gasteiger partial charge is 0.454 e. The van der Waals surface area contributed by atoms with Gasteiger partial charge in [0.2, 0.25) is 13.6 Å². The normalized spacial score (nSPS) is 13.0. The first-order valence-corrected chi connectivity index (χ1v) is 20.5. The molecule has 0 aromatic heterocycles. The van der Waals surface area contributed by atoms with Crippen LogP contribution in [0.15, 0.2) is 97.1 Å². The highest BCUT2D eigenvalue weighted by atomic mass is 31.1. The van der Waals surface area contributed by atoms with Gasteiger partial charge in [0.25, 0.3) is 0 Å². The number of fused-ring (bicyclic) bond motifs is 2. The van der Waals surface area contributed by atoms with E-state index in [0.717, 1.165) is 34.1 Å². The lowest BCUT2D eigenvalue weighted by atomic mass is 10.0. The smallest absolute Gasteiger partial charge is 0.231 e. The van der Waals surface area contributed by atoms with Crippen LogP contribution in [0.5, 0.6) is 23.0 Å². The van der Waals surface area contributed by atoms with Gasteiger partial charge in [0.05, 0.1) is 0 Å². The summed E-state index contributed by atoms with van der Waals surface area (Å²) in [5.74, 6) is 3.08. The Balaban J connectivity index is 1.49. The zero-order valence-electron chi connectivity index (χ0n) is 31.2. The van der Waals surface area contributed by atoms with Gasteiger partial charge in [-0.2, -0.15) is 0 Å². The summed E-state index contributed by atoms with van der Waals surface area (Å²) in [6, 6.07) is 36.8. The van der Waals surface area contributed by atoms with Crippen molar-refractivity contribution in [2.75, 3.05) is 13.6 Å². The van der Waals surface area contributed by atoms with Crippen molar-refractivity contribution in [3.63, 3.8) is 0 Å². The van der Waals surface area contributed by atoms with E-state index in [9.17, 15) is 0 Å². The fourth-order valence-electron chi connectivity index (χ4n) is 7.90. The topological polar surface area (TPSA) is 36.9 Å². The summed E-state index contributed by atoms with van der Waals surface area (Å²) in [5, 5.41) is 7.65. The van der Waals surface area contributed by atoms with E-state index in [2.05, 4.69) is 152 Å². The number of hydrogen-bond acceptors (Lipinski definition) is 4. The standard InChI is InChI=1S/C46H44O4P2/c1-27-11-28(2)16-35(15-27)51(36-17-29(3)12-30(4)18-36)43-10-9-40-46(50-26-47-40)45(43)39-23-41-42(49-25-48-41)24-44(39)52(37-19-31(5)13-32(6)20-37)38-21-33(7)14-34(8)22-38/h9-24H,25-26H2,1-8H3. The molecule has 0 amide bonds. The summed E-state index contributed by atoms with van der Waals surface area (Å²) < 4.78 is 24.9. The van der Waals surface area contributed by atoms with E-state index in [1.165, 1.54) is 76.3 Å². The highest BCUT2D eigenvalue weighted by Gasteiger charge is 2.33. The van der Waals surface area contributed by atoms with Crippen LogP contribution in [0.2, 0.25) is 0 Å². The van der Waals surface area contributed by atoms with Crippen molar-refractivity contribution in [1.82, 2.24) is 0 Å². The molecule has 6 heteroatoms. The van der Waals surface area contributed by atoms with Gasteiger partial charge in [0.15, 0.2) is 23.0 Å². The lowest BCUT2D eigenvalue weighted by Gasteiger charge is -2.28. The first kappa shape index (κ1) is 34.5. The average molecular weight is 723 g/mol. The third kappa shape index (κ3) is 6.60. The van der Waals surface area contributed by atoms with Gasteiger partial charge >= 0.3 is 0 Å². The predicted octanol–water partition coefficient (Wildman–Crippen LogP) is 8.79. The molecule has 0 saturated heterocycles. The van der Waals surface area contributed by atoms with Crippen molar-refractivity contribution in [1.29, 1.82) is 0 Å². The molecule has 0 bridgehead atoms. The number of benzene rings is 6. The molecule has 0 N–H and O–H groups in total. The molecule has 4 nitrogen and oxygen atoms in total. The molecule has 0 aliphatic carbocycles. The fraction of sp³-hybridized carbons (Fsp3) is 0.217. The number of ether oxygens (including phenoxy) is 4. The van der Waals surface area contributed by atoms with Crippen molar-refractivity contribution in [2.24, 2.45) is 0 Å². The average Bonchev–Trinajstić information content (AvgIpc) is 3.72. The first-order valence-electron chi connectivity index (χ1n) is 17.8. The maximum Gasteiger partial charge on any atom is 0.231 e. The van der Waals surface area contributed by atoms with Crippen LogP contribution in [0.1, 0.15) is 44.5 Å². The number of rotatable bonds is 7. The molecule has 0 unspecified atom stereocenters. The SMILES string of the molecule is Cc1cc(C)cc(P(c2cc(C)cc(C)c2)c2cc3c(cc2-c2c(P(c4cc(C)cc(C)c4)c4cc(C)cc(C)c4)ccc4c2OCO4)OCO3)c1. The molecule has 0 spiro atoms. The second-order valence-corrected chi connectivity index (χ2v) is 18.8. The van der Waals surface area contributed by atoms with Crippen molar-refractivity contribution < 1.29 is 18.9 Å². The molecule has 0 atom stereocenters. The summed E-state index contributed by atoms with van der Waals surface area (Å²) >= 11 is 0. The van der Waals surface area contributed by atoms with Crippen LogP contribution in [-0.2, 0) is 0 Å². The Morgan fingerprint density at radius 2 is 0.731 bits per heavy atom. The third-order valence-electron chi connectivity index (χ3n) is 9.62. The molecule has 6 aromatic carbocycles. The van der Waals surface area contributed by atoms with Crippen LogP contribution in [0, 0.1) is 55.4 Å². The van der Waals surface area contributed by atoms with Crippen LogP contribution in [0.3, 0.4) is 0 Å². The Morgan fingerprint density at radius 3 is 1.17 bits per heavy atom. The van der Waals surface area contributed by atoms with Crippen LogP contribution >= 0.6 is 15.8 Å². The van der Waals surface area contributed by atoms with E-state index in [4.69, 9.17) is 18.9 Å². The van der Waals surface area contributed by atoms with Crippen molar-refractivity contribution >= 4 is 47.7 Å². The number of aryl methyl sites for hydroxylation is 8. The minimum atomic E-state index is -1.05. The third-order valence-corrected chi connectivity index (χ3v) is 14.4. The summed E-state index contributed by atoms with van der Waals surface area (Å²) in [7, 11) is -2.08. The summed E-state index contributed by atoms with van der Waals surface area (Å²) in [4.78, 5) is 0. The van der Waals surface area contributed by atoms with E-state index < -0.39 is 15.8 Å². The summed E-state index contributed by atoms with van der Waals surface area (Å²) in [6.07, 6.45) is 0. The Morgan fingerprint density at radius 1 is 0.365 bits per heavy atom. The van der Waals surface area contributed by atoms with Gasteiger partial charge < -0.3 is 18.9 Å². The van der Waals surface area contributed by atoms with E-state index >= 15 is 0 Å². The second-order valence-electron chi connectivity index (χ2n) is 14.5. The Kier molecular flexibility index (Phi) is 9.11. The van der Waals surface area contributed by atoms with Crippen LogP contribution < -0.4 is 50.8 Å². The monoisotopic (exact) mass is 722 g/mol. The minimum Gasteiger partial charge on any atom is -0.454 e. The Labute approximate surface area is 310 Å². The molecule has 52 heavy (non-hydrogen) atoms. The molecule has 6 aromatic rings. The Bertz CT molecular complexity index is 2190. The number of hydrogen-bond donors (Lipinski definition) is 0. The maximum absolute atomic E-state index is 6.51. The molecule has 262 valence electrons. The van der Waals surface area contributed by atoms with Gasteiger partial charge in [-0.15, -0.1) is 0 Å². The van der Waals surface area contributed by atoms with Crippen LogP contribution in [0.25, 0.3) is 11.1 Å². The van der Waals surface area contributed by atoms with Gasteiger partial charge in [0.1, 0.15) is 0 Å². The van der Waals surface area contributed by atoms with Gasteiger partial charge in [-0.25, -0.2) is 0 Å². The first-order chi connectivity index (χ1) is 25.0. The van der Waals surface area contributed by atoms with Gasteiger partial charge in [-0.05, 0) is 133 Å². The molecule has 0 radical (unpaired) electrons. The fourth-order valence-corrected chi connectivity index (χ4v) is 13.6. The molecular formula is C46H44O4P2. The van der Waals surface area contributed by atoms with E-state index in [-0.39, 0.29) is 13.6 Å². The lowest BCUT2D eigenvalue weighted by Crippen LogP contribution is -2.27. The zero-order chi connectivity index (χ0) is 36.3. The maximum atomic E-state index is 6.51. The second kappa shape index (κ2) is 13.7. The summed E-state index contributed by atoms with van der Waals surface area (Å²) in [6.45, 7) is 17.9.